The van der Waals surface area contributed by atoms with E-state index in [4.69, 9.17) is 11.6 Å². The standard InChI is InChI=1S/C16H15ClN4O5S/c1-20(2)27(25,26)13-5-3-4-12(9-13)16(22)19-18-10-11-6-7-14(17)15(8-11)21(23)24/h3-10H,1-2H3,(H,19,22)/b18-10-. The lowest BCUT2D eigenvalue weighted by molar-refractivity contribution is -0.384. The third kappa shape index (κ3) is 4.88. The van der Waals surface area contributed by atoms with Gasteiger partial charge in [0.15, 0.2) is 0 Å². The van der Waals surface area contributed by atoms with Crippen molar-refractivity contribution in [3.63, 3.8) is 0 Å². The summed E-state index contributed by atoms with van der Waals surface area (Å²) in [6.45, 7) is 0. The van der Waals surface area contributed by atoms with Crippen LogP contribution < -0.4 is 5.43 Å². The summed E-state index contributed by atoms with van der Waals surface area (Å²) >= 11 is 5.72. The monoisotopic (exact) mass is 410 g/mol. The average Bonchev–Trinajstić information content (AvgIpc) is 2.62. The Hall–Kier alpha value is -2.82. The summed E-state index contributed by atoms with van der Waals surface area (Å²) in [7, 11) is -0.902. The van der Waals surface area contributed by atoms with E-state index in [9.17, 15) is 23.3 Å². The van der Waals surface area contributed by atoms with E-state index in [-0.39, 0.29) is 21.2 Å². The van der Waals surface area contributed by atoms with Crippen LogP contribution in [-0.4, -0.2) is 43.9 Å². The van der Waals surface area contributed by atoms with Crippen molar-refractivity contribution in [3.05, 3.63) is 68.7 Å². The lowest BCUT2D eigenvalue weighted by atomic mass is 10.2. The van der Waals surface area contributed by atoms with E-state index in [1.165, 1.54) is 62.8 Å². The molecule has 0 spiro atoms. The van der Waals surface area contributed by atoms with Gasteiger partial charge in [-0.1, -0.05) is 23.7 Å². The molecule has 0 atom stereocenters. The molecule has 2 aromatic rings. The molecule has 2 aromatic carbocycles. The molecule has 27 heavy (non-hydrogen) atoms. The second kappa shape index (κ2) is 8.25. The first kappa shape index (κ1) is 20.5. The molecule has 142 valence electrons. The Morgan fingerprint density at radius 3 is 2.59 bits per heavy atom. The smallest absolute Gasteiger partial charge is 0.267 e. The Morgan fingerprint density at radius 1 is 1.26 bits per heavy atom. The maximum atomic E-state index is 12.2. The van der Waals surface area contributed by atoms with Gasteiger partial charge in [-0.15, -0.1) is 0 Å². The Kier molecular flexibility index (Phi) is 6.26. The van der Waals surface area contributed by atoms with Crippen molar-refractivity contribution < 1.29 is 18.1 Å². The highest BCUT2D eigenvalue weighted by molar-refractivity contribution is 7.89. The number of hydrazone groups is 1. The van der Waals surface area contributed by atoms with Crippen molar-refractivity contribution in [2.24, 2.45) is 5.10 Å². The first-order chi connectivity index (χ1) is 12.6. The maximum Gasteiger partial charge on any atom is 0.288 e. The van der Waals surface area contributed by atoms with Gasteiger partial charge in [0.1, 0.15) is 5.02 Å². The number of carbonyl (C=O) groups excluding carboxylic acids is 1. The topological polar surface area (TPSA) is 122 Å². The quantitative estimate of drug-likeness (QED) is 0.444. The van der Waals surface area contributed by atoms with Crippen molar-refractivity contribution in [2.75, 3.05) is 14.1 Å². The summed E-state index contributed by atoms with van der Waals surface area (Å²) in [4.78, 5) is 22.3. The number of sulfonamides is 1. The zero-order chi connectivity index (χ0) is 20.2. The van der Waals surface area contributed by atoms with Crippen LogP contribution in [0.5, 0.6) is 0 Å². The summed E-state index contributed by atoms with van der Waals surface area (Å²) in [5.74, 6) is -0.634. The van der Waals surface area contributed by atoms with Gasteiger partial charge in [-0.05, 0) is 24.3 Å². The number of nitrogens with one attached hydrogen (secondary N) is 1. The molecule has 1 N–H and O–H groups in total. The molecule has 0 aliphatic heterocycles. The van der Waals surface area contributed by atoms with Gasteiger partial charge < -0.3 is 0 Å². The van der Waals surface area contributed by atoms with Crippen LogP contribution in [0.4, 0.5) is 5.69 Å². The van der Waals surface area contributed by atoms with Gasteiger partial charge in [0.2, 0.25) is 10.0 Å². The molecule has 0 saturated carbocycles. The molecule has 9 nitrogen and oxygen atoms in total. The van der Waals surface area contributed by atoms with Gasteiger partial charge in [-0.25, -0.2) is 18.1 Å². The molecular formula is C16H15ClN4O5S. The Balaban J connectivity index is 2.16. The van der Waals surface area contributed by atoms with Crippen molar-refractivity contribution in [2.45, 2.75) is 4.90 Å². The molecule has 11 heteroatoms. The molecule has 0 fully saturated rings. The normalized spacial score (nSPS) is 11.7. The van der Waals surface area contributed by atoms with Gasteiger partial charge in [-0.2, -0.15) is 5.10 Å². The molecule has 1 amide bonds. The van der Waals surface area contributed by atoms with Gasteiger partial charge in [-0.3, -0.25) is 14.9 Å². The molecule has 0 aromatic heterocycles. The Morgan fingerprint density at radius 2 is 1.96 bits per heavy atom. The first-order valence-electron chi connectivity index (χ1n) is 7.43. The highest BCUT2D eigenvalue weighted by Gasteiger charge is 2.18. The molecule has 0 saturated heterocycles. The molecule has 0 aliphatic carbocycles. The van der Waals surface area contributed by atoms with Crippen LogP contribution >= 0.6 is 11.6 Å². The van der Waals surface area contributed by atoms with E-state index in [2.05, 4.69) is 10.5 Å². The second-order valence-electron chi connectivity index (χ2n) is 5.48. The third-order valence-corrected chi connectivity index (χ3v) is 5.55. The fourth-order valence-electron chi connectivity index (χ4n) is 1.99. The predicted octanol–water partition coefficient (Wildman–Crippen LogP) is 2.26. The lowest BCUT2D eigenvalue weighted by Gasteiger charge is -2.11. The molecule has 0 aliphatic rings. The van der Waals surface area contributed by atoms with Crippen LogP contribution in [0, 0.1) is 10.1 Å². The minimum Gasteiger partial charge on any atom is -0.267 e. The number of nitrogens with zero attached hydrogens (tertiary/aromatic N) is 3. The molecular weight excluding hydrogens is 396 g/mol. The van der Waals surface area contributed by atoms with E-state index in [0.717, 1.165) is 4.31 Å². The molecule has 0 heterocycles. The molecule has 0 radical (unpaired) electrons. The summed E-state index contributed by atoms with van der Waals surface area (Å²) in [5.41, 5.74) is 2.41. The Bertz CT molecular complexity index is 1020. The van der Waals surface area contributed by atoms with E-state index in [1.54, 1.807) is 0 Å². The van der Waals surface area contributed by atoms with Crippen LogP contribution in [0.15, 0.2) is 52.5 Å². The van der Waals surface area contributed by atoms with Gasteiger partial charge in [0.25, 0.3) is 11.6 Å². The van der Waals surface area contributed by atoms with Gasteiger partial charge in [0, 0.05) is 31.3 Å². The average molecular weight is 411 g/mol. The van der Waals surface area contributed by atoms with Crippen LogP contribution in [0.2, 0.25) is 5.02 Å². The van der Waals surface area contributed by atoms with Crippen LogP contribution in [0.3, 0.4) is 0 Å². The first-order valence-corrected chi connectivity index (χ1v) is 9.24. The lowest BCUT2D eigenvalue weighted by Crippen LogP contribution is -2.23. The number of rotatable bonds is 6. The zero-order valence-electron chi connectivity index (χ0n) is 14.3. The fraction of sp³-hybridized carbons (Fsp3) is 0.125. The number of halogens is 1. The summed E-state index contributed by atoms with van der Waals surface area (Å²) in [5, 5.41) is 14.6. The highest BCUT2D eigenvalue weighted by atomic mass is 35.5. The number of benzene rings is 2. The van der Waals surface area contributed by atoms with E-state index in [1.807, 2.05) is 0 Å². The molecule has 0 bridgehead atoms. The maximum absolute atomic E-state index is 12.2. The fourth-order valence-corrected chi connectivity index (χ4v) is 3.12. The molecule has 0 unspecified atom stereocenters. The summed E-state index contributed by atoms with van der Waals surface area (Å²) in [6.07, 6.45) is 1.21. The van der Waals surface area contributed by atoms with E-state index < -0.39 is 20.9 Å². The third-order valence-electron chi connectivity index (χ3n) is 3.42. The van der Waals surface area contributed by atoms with Crippen LogP contribution in [-0.2, 0) is 10.0 Å². The van der Waals surface area contributed by atoms with E-state index >= 15 is 0 Å². The van der Waals surface area contributed by atoms with Crippen molar-refractivity contribution >= 4 is 39.4 Å². The minimum absolute atomic E-state index is 0.0138. The largest absolute Gasteiger partial charge is 0.288 e. The number of amides is 1. The Labute approximate surface area is 160 Å². The summed E-state index contributed by atoms with van der Waals surface area (Å²) < 4.78 is 25.3. The predicted molar refractivity (Wildman–Crippen MR) is 100 cm³/mol. The van der Waals surface area contributed by atoms with Gasteiger partial charge in [0.05, 0.1) is 16.0 Å². The van der Waals surface area contributed by atoms with Crippen molar-refractivity contribution in [1.29, 1.82) is 0 Å². The summed E-state index contributed by atoms with van der Waals surface area (Å²) in [6, 6.07) is 9.54. The molecule has 2 rings (SSSR count). The van der Waals surface area contributed by atoms with Gasteiger partial charge >= 0.3 is 0 Å². The zero-order valence-corrected chi connectivity index (χ0v) is 15.9. The van der Waals surface area contributed by atoms with Crippen molar-refractivity contribution in [1.82, 2.24) is 9.73 Å². The van der Waals surface area contributed by atoms with Crippen LogP contribution in [0.1, 0.15) is 15.9 Å². The van der Waals surface area contributed by atoms with Crippen molar-refractivity contribution in [3.8, 4) is 0 Å². The number of nitro groups is 1. The SMILES string of the molecule is CN(C)S(=O)(=O)c1cccc(C(=O)N/N=C\c2ccc(Cl)c([N+](=O)[O-])c2)c1. The second-order valence-corrected chi connectivity index (χ2v) is 8.04. The minimum atomic E-state index is -3.67. The van der Waals surface area contributed by atoms with E-state index in [0.29, 0.717) is 5.56 Å². The number of hydrogen-bond acceptors (Lipinski definition) is 6. The number of nitro benzene ring substituents is 1. The van der Waals surface area contributed by atoms with Crippen LogP contribution in [0.25, 0.3) is 0 Å². The number of hydrogen-bond donors (Lipinski definition) is 1. The number of carbonyl (C=O) groups is 1. The highest BCUT2D eigenvalue weighted by Crippen LogP contribution is 2.24.